The minimum Gasteiger partial charge on any atom is -0.378 e. The molecule has 5 heteroatoms. The maximum absolute atomic E-state index is 12.4. The van der Waals surface area contributed by atoms with Gasteiger partial charge in [-0.25, -0.2) is 0 Å². The highest BCUT2D eigenvalue weighted by atomic mass is 16.5. The van der Waals surface area contributed by atoms with Gasteiger partial charge >= 0.3 is 0 Å². The van der Waals surface area contributed by atoms with E-state index in [0.717, 1.165) is 31.6 Å². The van der Waals surface area contributed by atoms with Gasteiger partial charge in [-0.3, -0.25) is 9.69 Å². The zero-order valence-electron chi connectivity index (χ0n) is 14.0. The number of aromatic amines is 1. The van der Waals surface area contributed by atoms with Crippen LogP contribution < -0.4 is 5.32 Å². The Morgan fingerprint density at radius 1 is 1.25 bits per heavy atom. The number of nitrogens with zero attached hydrogens (tertiary/aromatic N) is 1. The van der Waals surface area contributed by atoms with E-state index in [-0.39, 0.29) is 11.9 Å². The van der Waals surface area contributed by atoms with Crippen molar-refractivity contribution in [3.8, 4) is 0 Å². The van der Waals surface area contributed by atoms with Crippen molar-refractivity contribution in [3.05, 3.63) is 36.0 Å². The highest BCUT2D eigenvalue weighted by Crippen LogP contribution is 2.21. The number of likely N-dealkylation sites (tertiary alicyclic amines) is 1. The molecule has 2 aliphatic rings. The van der Waals surface area contributed by atoms with Crippen LogP contribution >= 0.6 is 0 Å². The standard InChI is InChI=1S/C19H25N3O2/c23-19(8-7-14-11-20-16-6-2-1-5-15(14)16)21-17-12-24-13-18(17)22-9-3-4-10-22/h1-2,5-6,11,17-18,20H,3-4,7-10,12-13H2,(H,21,23)/t17-,18-/m0/s1. The van der Waals surface area contributed by atoms with E-state index < -0.39 is 0 Å². The number of rotatable bonds is 5. The first-order valence-corrected chi connectivity index (χ1v) is 8.97. The van der Waals surface area contributed by atoms with Gasteiger partial charge in [0.05, 0.1) is 25.3 Å². The molecule has 3 heterocycles. The third-order valence-corrected chi connectivity index (χ3v) is 5.30. The van der Waals surface area contributed by atoms with Gasteiger partial charge in [-0.2, -0.15) is 0 Å². The van der Waals surface area contributed by atoms with Gasteiger partial charge in [0.2, 0.25) is 5.91 Å². The second kappa shape index (κ2) is 6.95. The first kappa shape index (κ1) is 15.7. The van der Waals surface area contributed by atoms with Crippen molar-refractivity contribution in [3.63, 3.8) is 0 Å². The van der Waals surface area contributed by atoms with E-state index in [2.05, 4.69) is 27.3 Å². The van der Waals surface area contributed by atoms with Gasteiger partial charge < -0.3 is 15.0 Å². The van der Waals surface area contributed by atoms with Gasteiger partial charge in [-0.05, 0) is 44.0 Å². The van der Waals surface area contributed by atoms with Crippen molar-refractivity contribution in [2.24, 2.45) is 0 Å². The summed E-state index contributed by atoms with van der Waals surface area (Å²) in [5, 5.41) is 4.41. The molecule has 128 valence electrons. The summed E-state index contributed by atoms with van der Waals surface area (Å²) < 4.78 is 5.63. The summed E-state index contributed by atoms with van der Waals surface area (Å²) in [4.78, 5) is 18.1. The summed E-state index contributed by atoms with van der Waals surface area (Å²) in [6.45, 7) is 3.65. The number of amides is 1. The number of hydrogen-bond acceptors (Lipinski definition) is 3. The molecule has 2 aliphatic heterocycles. The van der Waals surface area contributed by atoms with Crippen LogP contribution in [0.2, 0.25) is 0 Å². The van der Waals surface area contributed by atoms with E-state index >= 15 is 0 Å². The van der Waals surface area contributed by atoms with Gasteiger partial charge in [0, 0.05) is 23.5 Å². The lowest BCUT2D eigenvalue weighted by molar-refractivity contribution is -0.122. The predicted molar refractivity (Wildman–Crippen MR) is 94.0 cm³/mol. The summed E-state index contributed by atoms with van der Waals surface area (Å²) >= 11 is 0. The Balaban J connectivity index is 1.33. The number of H-pyrrole nitrogens is 1. The topological polar surface area (TPSA) is 57.4 Å². The fourth-order valence-corrected chi connectivity index (χ4v) is 3.98. The van der Waals surface area contributed by atoms with E-state index in [1.165, 1.54) is 23.8 Å². The van der Waals surface area contributed by atoms with Crippen LogP contribution in [0.3, 0.4) is 0 Å². The Bertz CT molecular complexity index is 705. The average Bonchev–Trinajstić information content (AvgIpc) is 3.33. The maximum atomic E-state index is 12.4. The number of para-hydroxylation sites is 1. The molecule has 0 spiro atoms. The Morgan fingerprint density at radius 2 is 2.08 bits per heavy atom. The monoisotopic (exact) mass is 327 g/mol. The number of benzene rings is 1. The Kier molecular flexibility index (Phi) is 4.54. The minimum atomic E-state index is 0.125. The van der Waals surface area contributed by atoms with Crippen LogP contribution in [-0.4, -0.2) is 54.2 Å². The van der Waals surface area contributed by atoms with Crippen molar-refractivity contribution in [2.75, 3.05) is 26.3 Å². The largest absolute Gasteiger partial charge is 0.378 e. The van der Waals surface area contributed by atoms with Crippen LogP contribution in [0.5, 0.6) is 0 Å². The second-order valence-corrected chi connectivity index (χ2v) is 6.88. The Labute approximate surface area is 142 Å². The third-order valence-electron chi connectivity index (χ3n) is 5.30. The van der Waals surface area contributed by atoms with Crippen LogP contribution in [0.25, 0.3) is 10.9 Å². The molecule has 1 aromatic carbocycles. The van der Waals surface area contributed by atoms with Crippen molar-refractivity contribution in [1.29, 1.82) is 0 Å². The number of aromatic nitrogens is 1. The van der Waals surface area contributed by atoms with Crippen LogP contribution in [0.15, 0.2) is 30.5 Å². The molecule has 0 saturated carbocycles. The smallest absolute Gasteiger partial charge is 0.220 e. The summed E-state index contributed by atoms with van der Waals surface area (Å²) in [5.74, 6) is 0.125. The number of fused-ring (bicyclic) bond motifs is 1. The summed E-state index contributed by atoms with van der Waals surface area (Å²) in [6.07, 6.45) is 5.82. The number of nitrogens with one attached hydrogen (secondary N) is 2. The fraction of sp³-hybridized carbons (Fsp3) is 0.526. The van der Waals surface area contributed by atoms with E-state index in [1.54, 1.807) is 0 Å². The molecule has 1 amide bonds. The molecule has 1 aromatic heterocycles. The van der Waals surface area contributed by atoms with Crippen molar-refractivity contribution < 1.29 is 9.53 Å². The van der Waals surface area contributed by atoms with E-state index in [1.807, 2.05) is 18.3 Å². The quantitative estimate of drug-likeness (QED) is 0.884. The van der Waals surface area contributed by atoms with Gasteiger partial charge in [0.1, 0.15) is 0 Å². The van der Waals surface area contributed by atoms with Crippen molar-refractivity contribution in [2.45, 2.75) is 37.8 Å². The zero-order valence-corrected chi connectivity index (χ0v) is 14.0. The highest BCUT2D eigenvalue weighted by Gasteiger charge is 2.35. The summed E-state index contributed by atoms with van der Waals surface area (Å²) in [6, 6.07) is 8.72. The number of aryl methyl sites for hydroxylation is 1. The zero-order chi connectivity index (χ0) is 16.4. The van der Waals surface area contributed by atoms with Crippen LogP contribution in [-0.2, 0) is 16.0 Å². The molecule has 2 aromatic rings. The van der Waals surface area contributed by atoms with Gasteiger partial charge in [-0.1, -0.05) is 18.2 Å². The first-order valence-electron chi connectivity index (χ1n) is 8.97. The lowest BCUT2D eigenvalue weighted by Gasteiger charge is -2.27. The first-order chi connectivity index (χ1) is 11.8. The number of ether oxygens (including phenoxy) is 1. The molecule has 0 radical (unpaired) electrons. The van der Waals surface area contributed by atoms with E-state index in [9.17, 15) is 4.79 Å². The molecular formula is C19H25N3O2. The summed E-state index contributed by atoms with van der Waals surface area (Å²) in [5.41, 5.74) is 2.34. The fourth-order valence-electron chi connectivity index (χ4n) is 3.98. The summed E-state index contributed by atoms with van der Waals surface area (Å²) in [7, 11) is 0. The van der Waals surface area contributed by atoms with Gasteiger partial charge in [0.25, 0.3) is 0 Å². The van der Waals surface area contributed by atoms with Gasteiger partial charge in [-0.15, -0.1) is 0 Å². The molecular weight excluding hydrogens is 302 g/mol. The SMILES string of the molecule is O=C(CCc1c[nH]c2ccccc12)N[C@H]1COC[C@@H]1N1CCCC1. The molecule has 4 rings (SSSR count). The number of hydrogen-bond donors (Lipinski definition) is 2. The molecule has 2 fully saturated rings. The minimum absolute atomic E-state index is 0.125. The van der Waals surface area contributed by atoms with Crippen LogP contribution in [0.4, 0.5) is 0 Å². The van der Waals surface area contributed by atoms with Crippen molar-refractivity contribution >= 4 is 16.8 Å². The predicted octanol–water partition coefficient (Wildman–Crippen LogP) is 2.08. The highest BCUT2D eigenvalue weighted by molar-refractivity contribution is 5.84. The average molecular weight is 327 g/mol. The maximum Gasteiger partial charge on any atom is 0.220 e. The molecule has 0 aliphatic carbocycles. The third kappa shape index (κ3) is 3.19. The molecule has 2 N–H and O–H groups in total. The second-order valence-electron chi connectivity index (χ2n) is 6.88. The lowest BCUT2D eigenvalue weighted by Crippen LogP contribution is -2.50. The molecule has 2 saturated heterocycles. The molecule has 24 heavy (non-hydrogen) atoms. The number of carbonyl (C=O) groups is 1. The molecule has 5 nitrogen and oxygen atoms in total. The number of carbonyl (C=O) groups excluding carboxylic acids is 1. The molecule has 0 unspecified atom stereocenters. The molecule has 0 bridgehead atoms. The Morgan fingerprint density at radius 3 is 2.96 bits per heavy atom. The Hall–Kier alpha value is -1.85. The molecule has 2 atom stereocenters. The van der Waals surface area contributed by atoms with Crippen molar-refractivity contribution in [1.82, 2.24) is 15.2 Å². The van der Waals surface area contributed by atoms with Crippen LogP contribution in [0, 0.1) is 0 Å². The lowest BCUT2D eigenvalue weighted by atomic mass is 10.1. The van der Waals surface area contributed by atoms with Gasteiger partial charge in [0.15, 0.2) is 0 Å². The van der Waals surface area contributed by atoms with Crippen LogP contribution in [0.1, 0.15) is 24.8 Å². The van der Waals surface area contributed by atoms with E-state index in [0.29, 0.717) is 19.1 Å². The van der Waals surface area contributed by atoms with E-state index in [4.69, 9.17) is 4.74 Å². The normalized spacial score (nSPS) is 24.7.